The van der Waals surface area contributed by atoms with Gasteiger partial charge in [0.1, 0.15) is 0 Å². The third kappa shape index (κ3) is 3.12. The standard InChI is InChI=1S/C16H17ClO/c1-11-4-3-5-14(8-11)16(18)10-13-7-6-12(2)9-15(13)17/h3-9,16,18H,10H2,1-2H3. The van der Waals surface area contributed by atoms with Crippen molar-refractivity contribution in [2.45, 2.75) is 26.4 Å². The van der Waals surface area contributed by atoms with E-state index in [-0.39, 0.29) is 0 Å². The van der Waals surface area contributed by atoms with Crippen LogP contribution < -0.4 is 0 Å². The van der Waals surface area contributed by atoms with E-state index in [9.17, 15) is 5.11 Å². The average Bonchev–Trinajstić information content (AvgIpc) is 2.32. The lowest BCUT2D eigenvalue weighted by Crippen LogP contribution is -2.02. The Morgan fingerprint density at radius 2 is 1.78 bits per heavy atom. The van der Waals surface area contributed by atoms with Crippen molar-refractivity contribution in [3.05, 3.63) is 69.7 Å². The van der Waals surface area contributed by atoms with Crippen molar-refractivity contribution in [2.75, 3.05) is 0 Å². The lowest BCUT2D eigenvalue weighted by Gasteiger charge is -2.13. The van der Waals surface area contributed by atoms with E-state index in [1.165, 1.54) is 0 Å². The number of rotatable bonds is 3. The summed E-state index contributed by atoms with van der Waals surface area (Å²) in [5, 5.41) is 11.0. The van der Waals surface area contributed by atoms with E-state index >= 15 is 0 Å². The molecule has 0 radical (unpaired) electrons. The summed E-state index contributed by atoms with van der Waals surface area (Å²) in [6.45, 7) is 4.03. The molecule has 2 aromatic carbocycles. The van der Waals surface area contributed by atoms with Gasteiger partial charge < -0.3 is 5.11 Å². The summed E-state index contributed by atoms with van der Waals surface area (Å²) in [5.41, 5.74) is 4.21. The molecule has 0 aromatic heterocycles. The summed E-state index contributed by atoms with van der Waals surface area (Å²) < 4.78 is 0. The topological polar surface area (TPSA) is 20.2 Å². The quantitative estimate of drug-likeness (QED) is 0.876. The summed E-state index contributed by atoms with van der Waals surface area (Å²) in [6.07, 6.45) is 0.0351. The molecule has 0 amide bonds. The third-order valence-corrected chi connectivity index (χ3v) is 3.40. The fourth-order valence-corrected chi connectivity index (χ4v) is 2.33. The van der Waals surface area contributed by atoms with Gasteiger partial charge in [-0.25, -0.2) is 0 Å². The fraction of sp³-hybridized carbons (Fsp3) is 0.250. The van der Waals surface area contributed by atoms with Crippen molar-refractivity contribution in [3.8, 4) is 0 Å². The molecule has 0 heterocycles. The highest BCUT2D eigenvalue weighted by atomic mass is 35.5. The second kappa shape index (κ2) is 5.55. The predicted octanol–water partition coefficient (Wildman–Crippen LogP) is 4.23. The van der Waals surface area contributed by atoms with Crippen molar-refractivity contribution in [2.24, 2.45) is 0 Å². The molecule has 0 saturated heterocycles. The van der Waals surface area contributed by atoms with Crippen LogP contribution in [-0.2, 0) is 6.42 Å². The van der Waals surface area contributed by atoms with Gasteiger partial charge in [-0.2, -0.15) is 0 Å². The van der Waals surface area contributed by atoms with Crippen LogP contribution in [-0.4, -0.2) is 5.11 Å². The minimum atomic E-state index is -0.509. The zero-order valence-electron chi connectivity index (χ0n) is 10.7. The van der Waals surface area contributed by atoms with Gasteiger partial charge in [-0.1, -0.05) is 53.6 Å². The van der Waals surface area contributed by atoms with Gasteiger partial charge in [0.15, 0.2) is 0 Å². The van der Waals surface area contributed by atoms with Gasteiger partial charge in [0.25, 0.3) is 0 Å². The predicted molar refractivity (Wildman–Crippen MR) is 76.0 cm³/mol. The molecular weight excluding hydrogens is 244 g/mol. The summed E-state index contributed by atoms with van der Waals surface area (Å²) >= 11 is 6.18. The molecule has 0 spiro atoms. The Hall–Kier alpha value is -1.31. The van der Waals surface area contributed by atoms with Crippen LogP contribution in [0, 0.1) is 13.8 Å². The maximum atomic E-state index is 10.2. The number of hydrogen-bond donors (Lipinski definition) is 1. The van der Waals surface area contributed by atoms with Crippen molar-refractivity contribution in [1.82, 2.24) is 0 Å². The van der Waals surface area contributed by atoms with Crippen LogP contribution in [0.3, 0.4) is 0 Å². The fourth-order valence-electron chi connectivity index (χ4n) is 2.02. The van der Waals surface area contributed by atoms with E-state index in [2.05, 4.69) is 0 Å². The van der Waals surface area contributed by atoms with Crippen LogP contribution in [0.25, 0.3) is 0 Å². The smallest absolute Gasteiger partial charge is 0.0831 e. The summed E-state index contributed by atoms with van der Waals surface area (Å²) in [5.74, 6) is 0. The Kier molecular flexibility index (Phi) is 4.05. The molecule has 1 atom stereocenters. The maximum absolute atomic E-state index is 10.2. The van der Waals surface area contributed by atoms with Crippen LogP contribution in [0.2, 0.25) is 5.02 Å². The zero-order valence-corrected chi connectivity index (χ0v) is 11.4. The van der Waals surface area contributed by atoms with Crippen LogP contribution in [0.1, 0.15) is 28.4 Å². The van der Waals surface area contributed by atoms with E-state index < -0.39 is 6.10 Å². The molecule has 94 valence electrons. The molecule has 1 N–H and O–H groups in total. The van der Waals surface area contributed by atoms with Gasteiger partial charge in [-0.05, 0) is 36.6 Å². The number of halogens is 1. The van der Waals surface area contributed by atoms with E-state index in [4.69, 9.17) is 11.6 Å². The first-order chi connectivity index (χ1) is 8.56. The van der Waals surface area contributed by atoms with Gasteiger partial charge in [0, 0.05) is 11.4 Å². The van der Waals surface area contributed by atoms with E-state index in [0.717, 1.165) is 27.3 Å². The first kappa shape index (κ1) is 13.1. The molecule has 0 fully saturated rings. The van der Waals surface area contributed by atoms with Crippen LogP contribution in [0.4, 0.5) is 0 Å². The number of hydrogen-bond acceptors (Lipinski definition) is 1. The summed E-state index contributed by atoms with van der Waals surface area (Å²) in [4.78, 5) is 0. The Bertz CT molecular complexity index is 549. The molecule has 1 unspecified atom stereocenters. The molecule has 2 rings (SSSR count). The number of aryl methyl sites for hydroxylation is 2. The lowest BCUT2D eigenvalue weighted by molar-refractivity contribution is 0.178. The Balaban J connectivity index is 2.18. The van der Waals surface area contributed by atoms with Crippen molar-refractivity contribution < 1.29 is 5.11 Å². The minimum Gasteiger partial charge on any atom is -0.388 e. The monoisotopic (exact) mass is 260 g/mol. The maximum Gasteiger partial charge on any atom is 0.0831 e. The van der Waals surface area contributed by atoms with E-state index in [1.807, 2.05) is 56.3 Å². The van der Waals surface area contributed by atoms with Crippen LogP contribution >= 0.6 is 11.6 Å². The molecule has 2 aromatic rings. The highest BCUT2D eigenvalue weighted by Gasteiger charge is 2.11. The zero-order chi connectivity index (χ0) is 13.1. The average molecular weight is 261 g/mol. The van der Waals surface area contributed by atoms with Gasteiger partial charge >= 0.3 is 0 Å². The highest BCUT2D eigenvalue weighted by molar-refractivity contribution is 6.31. The molecule has 0 saturated carbocycles. The first-order valence-corrected chi connectivity index (χ1v) is 6.44. The van der Waals surface area contributed by atoms with Crippen LogP contribution in [0.5, 0.6) is 0 Å². The Labute approximate surface area is 113 Å². The Morgan fingerprint density at radius 1 is 1.06 bits per heavy atom. The second-order valence-electron chi connectivity index (χ2n) is 4.73. The summed E-state index contributed by atoms with van der Waals surface area (Å²) in [7, 11) is 0. The Morgan fingerprint density at radius 3 is 2.44 bits per heavy atom. The first-order valence-electron chi connectivity index (χ1n) is 6.06. The van der Waals surface area contributed by atoms with Gasteiger partial charge in [0.2, 0.25) is 0 Å². The normalized spacial score (nSPS) is 12.4. The van der Waals surface area contributed by atoms with Crippen molar-refractivity contribution in [1.29, 1.82) is 0 Å². The van der Waals surface area contributed by atoms with Crippen molar-refractivity contribution >= 4 is 11.6 Å². The van der Waals surface area contributed by atoms with Crippen LogP contribution in [0.15, 0.2) is 42.5 Å². The molecule has 0 aliphatic carbocycles. The molecule has 18 heavy (non-hydrogen) atoms. The molecule has 0 bridgehead atoms. The number of benzene rings is 2. The highest BCUT2D eigenvalue weighted by Crippen LogP contribution is 2.24. The summed E-state index contributed by atoms with van der Waals surface area (Å²) in [6, 6.07) is 13.9. The molecule has 0 aliphatic heterocycles. The third-order valence-electron chi connectivity index (χ3n) is 3.05. The van der Waals surface area contributed by atoms with E-state index in [0.29, 0.717) is 6.42 Å². The molecule has 2 heteroatoms. The SMILES string of the molecule is Cc1cccc(C(O)Cc2ccc(C)cc2Cl)c1. The minimum absolute atomic E-state index is 0.509. The number of aliphatic hydroxyl groups is 1. The van der Waals surface area contributed by atoms with Gasteiger partial charge in [-0.15, -0.1) is 0 Å². The van der Waals surface area contributed by atoms with E-state index in [1.54, 1.807) is 0 Å². The lowest BCUT2D eigenvalue weighted by atomic mass is 9.99. The molecule has 1 nitrogen and oxygen atoms in total. The van der Waals surface area contributed by atoms with Gasteiger partial charge in [0.05, 0.1) is 6.10 Å². The largest absolute Gasteiger partial charge is 0.388 e. The van der Waals surface area contributed by atoms with Crippen molar-refractivity contribution in [3.63, 3.8) is 0 Å². The van der Waals surface area contributed by atoms with Gasteiger partial charge in [-0.3, -0.25) is 0 Å². The molecule has 0 aliphatic rings. The number of aliphatic hydroxyl groups excluding tert-OH is 1. The second-order valence-corrected chi connectivity index (χ2v) is 5.14. The molecular formula is C16H17ClO.